The highest BCUT2D eigenvalue weighted by Crippen LogP contribution is 2.42. The summed E-state index contributed by atoms with van der Waals surface area (Å²) >= 11 is 0. The van der Waals surface area contributed by atoms with Gasteiger partial charge in [0, 0.05) is 18.5 Å². The van der Waals surface area contributed by atoms with Crippen LogP contribution in [0.15, 0.2) is 0 Å². The van der Waals surface area contributed by atoms with E-state index in [1.807, 2.05) is 48.5 Å². The van der Waals surface area contributed by atoms with E-state index in [-0.39, 0.29) is 35.8 Å². The van der Waals surface area contributed by atoms with Crippen molar-refractivity contribution in [1.82, 2.24) is 9.62 Å². The fourth-order valence-electron chi connectivity index (χ4n) is 3.41. The Hall–Kier alpha value is -0.660. The van der Waals surface area contributed by atoms with Gasteiger partial charge in [0.15, 0.2) is 0 Å². The number of nitrogens with zero attached hydrogens (tertiary/aromatic N) is 1. The highest BCUT2D eigenvalue weighted by molar-refractivity contribution is 7.84. The van der Waals surface area contributed by atoms with Crippen LogP contribution < -0.4 is 4.72 Å². The van der Waals surface area contributed by atoms with E-state index in [9.17, 15) is 9.00 Å². The number of piperidine rings is 1. The van der Waals surface area contributed by atoms with Crippen molar-refractivity contribution in [2.75, 3.05) is 19.7 Å². The molecule has 0 radical (unpaired) electrons. The molecule has 1 amide bonds. The van der Waals surface area contributed by atoms with Gasteiger partial charge in [-0.25, -0.2) is 13.7 Å². The quantitative estimate of drug-likeness (QED) is 0.784. The van der Waals surface area contributed by atoms with Gasteiger partial charge >= 0.3 is 6.09 Å². The van der Waals surface area contributed by atoms with Gasteiger partial charge in [-0.05, 0) is 61.3 Å². The van der Waals surface area contributed by atoms with Crippen molar-refractivity contribution in [3.63, 3.8) is 0 Å². The van der Waals surface area contributed by atoms with E-state index in [0.29, 0.717) is 19.7 Å². The van der Waals surface area contributed by atoms with Gasteiger partial charge in [0.1, 0.15) is 5.60 Å². The first-order chi connectivity index (χ1) is 11.3. The molecule has 2 heterocycles. The maximum Gasteiger partial charge on any atom is 0.410 e. The minimum Gasteiger partial charge on any atom is -0.444 e. The Kier molecular flexibility index (Phi) is 7.33. The highest BCUT2D eigenvalue weighted by atomic mass is 32.2. The molecule has 2 aliphatic heterocycles. The lowest BCUT2D eigenvalue weighted by Crippen LogP contribution is -2.55. The van der Waals surface area contributed by atoms with Crippen molar-refractivity contribution in [3.8, 4) is 0 Å². The zero-order chi connectivity index (χ0) is 19.0. The van der Waals surface area contributed by atoms with Crippen molar-refractivity contribution in [1.29, 1.82) is 0 Å². The van der Waals surface area contributed by atoms with Crippen LogP contribution in [-0.2, 0) is 20.5 Å². The standard InChI is InChI=1S/C18H34N2O4S.CH4/c1-13-14(19-25(22)17(5,6)7)18(12-23-13)8-10-20(11-9-18)15(21)24-16(2,3)4;/h13-14,19H,8-12H2,1-7H3;1H4/t13-,14+,25+;/m0./s1. The second-order valence-electron chi connectivity index (χ2n) is 9.32. The van der Waals surface area contributed by atoms with Crippen LogP contribution in [0.1, 0.15) is 68.7 Å². The molecule has 2 rings (SSSR count). The minimum atomic E-state index is -1.14. The molecule has 2 aliphatic rings. The van der Waals surface area contributed by atoms with Gasteiger partial charge in [-0.15, -0.1) is 0 Å². The Balaban J connectivity index is 0.00000338. The van der Waals surface area contributed by atoms with E-state index in [4.69, 9.17) is 9.47 Å². The van der Waals surface area contributed by atoms with Crippen LogP contribution in [0.4, 0.5) is 4.79 Å². The molecule has 2 fully saturated rings. The molecule has 1 spiro atoms. The summed E-state index contributed by atoms with van der Waals surface area (Å²) < 4.78 is 27.0. The second kappa shape index (κ2) is 8.15. The van der Waals surface area contributed by atoms with Crippen LogP contribution in [0.2, 0.25) is 0 Å². The summed E-state index contributed by atoms with van der Waals surface area (Å²) in [6.45, 7) is 15.5. The molecule has 0 aromatic heterocycles. The van der Waals surface area contributed by atoms with E-state index in [1.54, 1.807) is 4.90 Å². The molecule has 0 bridgehead atoms. The number of nitrogens with one attached hydrogen (secondary N) is 1. The Labute approximate surface area is 162 Å². The molecule has 0 aromatic rings. The molecule has 3 atom stereocenters. The van der Waals surface area contributed by atoms with Crippen LogP contribution in [0.5, 0.6) is 0 Å². The van der Waals surface area contributed by atoms with Crippen LogP contribution in [0, 0.1) is 5.41 Å². The Morgan fingerprint density at radius 1 is 1.19 bits per heavy atom. The summed E-state index contributed by atoms with van der Waals surface area (Å²) in [7, 11) is -1.14. The summed E-state index contributed by atoms with van der Waals surface area (Å²) in [4.78, 5) is 14.1. The fraction of sp³-hybridized carbons (Fsp3) is 0.947. The molecule has 26 heavy (non-hydrogen) atoms. The number of hydrogen-bond donors (Lipinski definition) is 1. The summed E-state index contributed by atoms with van der Waals surface area (Å²) in [5.74, 6) is 0. The van der Waals surface area contributed by atoms with E-state index >= 15 is 0 Å². The largest absolute Gasteiger partial charge is 0.444 e. The van der Waals surface area contributed by atoms with Crippen LogP contribution >= 0.6 is 0 Å². The predicted molar refractivity (Wildman–Crippen MR) is 106 cm³/mol. The Morgan fingerprint density at radius 3 is 2.19 bits per heavy atom. The third-order valence-electron chi connectivity index (χ3n) is 4.96. The molecule has 0 saturated carbocycles. The monoisotopic (exact) mass is 390 g/mol. The molecule has 0 aromatic carbocycles. The molecule has 154 valence electrons. The first-order valence-corrected chi connectivity index (χ1v) is 10.3. The maximum absolute atomic E-state index is 12.6. The summed E-state index contributed by atoms with van der Waals surface area (Å²) in [5, 5.41) is 0. The van der Waals surface area contributed by atoms with Crippen molar-refractivity contribution < 1.29 is 18.5 Å². The number of rotatable bonds is 2. The lowest BCUT2D eigenvalue weighted by atomic mass is 9.73. The normalized spacial score (nSPS) is 27.1. The van der Waals surface area contributed by atoms with E-state index < -0.39 is 16.6 Å². The van der Waals surface area contributed by atoms with Gasteiger partial charge in [0.05, 0.1) is 34.5 Å². The lowest BCUT2D eigenvalue weighted by molar-refractivity contribution is 0.00648. The SMILES string of the molecule is C.C[C@@H]1OCC2(CCN(C(=O)OC(C)(C)C)CC2)[C@@H]1N[S@](=O)C(C)(C)C. The molecule has 6 nitrogen and oxygen atoms in total. The topological polar surface area (TPSA) is 67.9 Å². The third kappa shape index (κ3) is 5.42. The average Bonchev–Trinajstić information content (AvgIpc) is 2.75. The Morgan fingerprint density at radius 2 is 1.73 bits per heavy atom. The molecule has 7 heteroatoms. The fourth-order valence-corrected chi connectivity index (χ4v) is 4.44. The number of hydrogen-bond acceptors (Lipinski definition) is 4. The third-order valence-corrected chi connectivity index (χ3v) is 6.54. The molecular weight excluding hydrogens is 352 g/mol. The summed E-state index contributed by atoms with van der Waals surface area (Å²) in [6, 6.07) is 0.0355. The first-order valence-electron chi connectivity index (χ1n) is 9.12. The van der Waals surface area contributed by atoms with E-state index in [0.717, 1.165) is 12.8 Å². The molecule has 2 saturated heterocycles. The van der Waals surface area contributed by atoms with Gasteiger partial charge in [-0.2, -0.15) is 0 Å². The predicted octanol–water partition coefficient (Wildman–Crippen LogP) is 3.48. The van der Waals surface area contributed by atoms with Crippen LogP contribution in [0.3, 0.4) is 0 Å². The van der Waals surface area contributed by atoms with Gasteiger partial charge in [-0.1, -0.05) is 7.43 Å². The second-order valence-corrected chi connectivity index (χ2v) is 11.3. The first kappa shape index (κ1) is 23.4. The highest BCUT2D eigenvalue weighted by Gasteiger charge is 2.51. The number of likely N-dealkylation sites (tertiary alicyclic amines) is 1. The van der Waals surface area contributed by atoms with Crippen LogP contribution in [-0.4, -0.2) is 57.4 Å². The van der Waals surface area contributed by atoms with Crippen LogP contribution in [0.25, 0.3) is 0 Å². The summed E-state index contributed by atoms with van der Waals surface area (Å²) in [6.07, 6.45) is 1.42. The smallest absolute Gasteiger partial charge is 0.410 e. The van der Waals surface area contributed by atoms with Gasteiger partial charge < -0.3 is 14.4 Å². The lowest BCUT2D eigenvalue weighted by Gasteiger charge is -2.43. The number of amides is 1. The van der Waals surface area contributed by atoms with Crippen molar-refractivity contribution in [2.45, 2.75) is 91.2 Å². The zero-order valence-corrected chi connectivity index (χ0v) is 17.5. The summed E-state index contributed by atoms with van der Waals surface area (Å²) in [5.41, 5.74) is -0.552. The molecule has 1 N–H and O–H groups in total. The number of carbonyl (C=O) groups is 1. The van der Waals surface area contributed by atoms with Gasteiger partial charge in [0.25, 0.3) is 0 Å². The zero-order valence-electron chi connectivity index (χ0n) is 16.7. The van der Waals surface area contributed by atoms with Crippen molar-refractivity contribution in [3.05, 3.63) is 0 Å². The number of carbonyl (C=O) groups excluding carboxylic acids is 1. The van der Waals surface area contributed by atoms with Crippen molar-refractivity contribution in [2.24, 2.45) is 5.41 Å². The van der Waals surface area contributed by atoms with Gasteiger partial charge in [-0.3, -0.25) is 0 Å². The number of ether oxygens (including phenoxy) is 2. The maximum atomic E-state index is 12.6. The van der Waals surface area contributed by atoms with Gasteiger partial charge in [0.2, 0.25) is 0 Å². The molecule has 0 unspecified atom stereocenters. The van der Waals surface area contributed by atoms with E-state index in [2.05, 4.69) is 4.72 Å². The molecular formula is C19H38N2O4S. The van der Waals surface area contributed by atoms with E-state index in [1.165, 1.54) is 0 Å². The molecule has 0 aliphatic carbocycles. The minimum absolute atomic E-state index is 0. The average molecular weight is 391 g/mol. The Bertz CT molecular complexity index is 517. The van der Waals surface area contributed by atoms with Crippen molar-refractivity contribution >= 4 is 17.1 Å².